The molecule has 3 heterocycles. The van der Waals surface area contributed by atoms with Crippen LogP contribution in [0.5, 0.6) is 0 Å². The molecule has 0 aliphatic rings. The van der Waals surface area contributed by atoms with E-state index in [1.54, 1.807) is 33.0 Å². The fourth-order valence-electron chi connectivity index (χ4n) is 3.36. The molecule has 0 unspecified atom stereocenters. The van der Waals surface area contributed by atoms with Crippen molar-refractivity contribution in [2.75, 3.05) is 5.32 Å². The molecule has 1 N–H and O–H groups in total. The Balaban J connectivity index is 1.58. The van der Waals surface area contributed by atoms with E-state index in [0.29, 0.717) is 18.9 Å². The number of nitrogens with one attached hydrogen (secondary N) is 1. The molecule has 4 rings (SSSR count). The predicted molar refractivity (Wildman–Crippen MR) is 125 cm³/mol. The number of imidazole rings is 1. The first-order valence-corrected chi connectivity index (χ1v) is 10.7. The second-order valence-electron chi connectivity index (χ2n) is 8.53. The maximum absolute atomic E-state index is 13.0. The van der Waals surface area contributed by atoms with Crippen molar-refractivity contribution in [1.29, 1.82) is 0 Å². The molecule has 0 spiro atoms. The lowest BCUT2D eigenvalue weighted by atomic mass is 10.2. The largest absolute Gasteiger partial charge is 0.455 e. The molecule has 1 aromatic carbocycles. The Bertz CT molecular complexity index is 1290. The minimum Gasteiger partial charge on any atom is -0.455 e. The molecule has 0 fully saturated rings. The number of amides is 1. The van der Waals surface area contributed by atoms with Gasteiger partial charge in [-0.1, -0.05) is 18.2 Å². The number of ether oxygens (including phenoxy) is 1. The lowest BCUT2D eigenvalue weighted by Gasteiger charge is -2.19. The number of fused-ring (bicyclic) bond motifs is 1. The van der Waals surface area contributed by atoms with Gasteiger partial charge in [0.25, 0.3) is 5.91 Å². The number of pyridine rings is 2. The number of hydrogen-bond donors (Lipinski definition) is 1. The smallest absolute Gasteiger partial charge is 0.357 e. The summed E-state index contributed by atoms with van der Waals surface area (Å²) in [5.74, 6) is -0.552. The molecular weight excluding hydrogens is 418 g/mol. The van der Waals surface area contributed by atoms with Crippen LogP contribution in [-0.4, -0.2) is 37.0 Å². The van der Waals surface area contributed by atoms with E-state index >= 15 is 0 Å². The van der Waals surface area contributed by atoms with Crippen molar-refractivity contribution in [3.8, 4) is 0 Å². The van der Waals surface area contributed by atoms with Gasteiger partial charge in [-0.15, -0.1) is 0 Å². The molecule has 0 atom stereocenters. The number of carbonyl (C=O) groups excluding carboxylic acids is 2. The first kappa shape index (κ1) is 22.1. The Labute approximate surface area is 191 Å². The first-order chi connectivity index (χ1) is 15.8. The van der Waals surface area contributed by atoms with Crippen LogP contribution in [0.1, 0.15) is 47.3 Å². The lowest BCUT2D eigenvalue weighted by Crippen LogP contribution is -2.25. The summed E-state index contributed by atoms with van der Waals surface area (Å²) in [6.45, 7) is 5.91. The Hall–Kier alpha value is -4.07. The molecule has 3 aromatic heterocycles. The standard InChI is InChI=1S/C25H25N5O3/c1-25(2,3)33-23(32)20-16-17(11-14-27-20)22(31)29-24-28-19-9-4-5-10-21(19)30(24)15-12-18-8-6-7-13-26-18/h4-11,13-14,16H,12,15H2,1-3H3,(H,28,29,31). The van der Waals surface area contributed by atoms with Crippen LogP contribution in [0.25, 0.3) is 11.0 Å². The van der Waals surface area contributed by atoms with Gasteiger partial charge < -0.3 is 9.30 Å². The summed E-state index contributed by atoms with van der Waals surface area (Å²) in [5, 5.41) is 2.88. The van der Waals surface area contributed by atoms with Gasteiger partial charge in [0, 0.05) is 36.6 Å². The van der Waals surface area contributed by atoms with E-state index < -0.39 is 17.5 Å². The van der Waals surface area contributed by atoms with Crippen molar-refractivity contribution < 1.29 is 14.3 Å². The number of aryl methyl sites for hydroxylation is 2. The number of nitrogens with zero attached hydrogens (tertiary/aromatic N) is 4. The van der Waals surface area contributed by atoms with Crippen molar-refractivity contribution in [2.24, 2.45) is 0 Å². The molecule has 0 aliphatic heterocycles. The van der Waals surface area contributed by atoms with Crippen molar-refractivity contribution >= 4 is 28.9 Å². The highest BCUT2D eigenvalue weighted by Crippen LogP contribution is 2.21. The maximum atomic E-state index is 13.0. The van der Waals surface area contributed by atoms with E-state index in [4.69, 9.17) is 4.74 Å². The zero-order valence-electron chi connectivity index (χ0n) is 18.8. The average molecular weight is 444 g/mol. The van der Waals surface area contributed by atoms with Gasteiger partial charge in [0.2, 0.25) is 5.95 Å². The SMILES string of the molecule is CC(C)(C)OC(=O)c1cc(C(=O)Nc2nc3ccccc3n2CCc2ccccn2)ccn1. The molecule has 168 valence electrons. The summed E-state index contributed by atoms with van der Waals surface area (Å²) in [5.41, 5.74) is 2.33. The van der Waals surface area contributed by atoms with Gasteiger partial charge in [-0.3, -0.25) is 15.1 Å². The predicted octanol–water partition coefficient (Wildman–Crippen LogP) is 4.28. The number of rotatable bonds is 6. The Kier molecular flexibility index (Phi) is 6.17. The Morgan fingerprint density at radius 2 is 1.79 bits per heavy atom. The van der Waals surface area contributed by atoms with Crippen LogP contribution in [0.3, 0.4) is 0 Å². The normalized spacial score (nSPS) is 11.4. The van der Waals surface area contributed by atoms with Gasteiger partial charge in [0.15, 0.2) is 0 Å². The van der Waals surface area contributed by atoms with Gasteiger partial charge in [-0.2, -0.15) is 0 Å². The van der Waals surface area contributed by atoms with Crippen molar-refractivity contribution in [2.45, 2.75) is 39.3 Å². The number of benzene rings is 1. The van der Waals surface area contributed by atoms with Gasteiger partial charge in [-0.05, 0) is 57.2 Å². The van der Waals surface area contributed by atoms with E-state index in [9.17, 15) is 9.59 Å². The summed E-state index contributed by atoms with van der Waals surface area (Å²) >= 11 is 0. The lowest BCUT2D eigenvalue weighted by molar-refractivity contribution is 0.00628. The number of hydrogen-bond acceptors (Lipinski definition) is 6. The second-order valence-corrected chi connectivity index (χ2v) is 8.53. The third-order valence-electron chi connectivity index (χ3n) is 4.83. The molecule has 0 saturated carbocycles. The highest BCUT2D eigenvalue weighted by Gasteiger charge is 2.21. The molecule has 8 heteroatoms. The van der Waals surface area contributed by atoms with Crippen LogP contribution >= 0.6 is 0 Å². The highest BCUT2D eigenvalue weighted by molar-refractivity contribution is 6.05. The molecule has 0 aliphatic carbocycles. The highest BCUT2D eigenvalue weighted by atomic mass is 16.6. The molecule has 4 aromatic rings. The van der Waals surface area contributed by atoms with Gasteiger partial charge >= 0.3 is 5.97 Å². The van der Waals surface area contributed by atoms with E-state index in [1.807, 2.05) is 47.0 Å². The molecule has 1 amide bonds. The Morgan fingerprint density at radius 3 is 2.55 bits per heavy atom. The van der Waals surface area contributed by atoms with E-state index in [-0.39, 0.29) is 11.3 Å². The van der Waals surface area contributed by atoms with Gasteiger partial charge in [-0.25, -0.2) is 14.8 Å². The van der Waals surface area contributed by atoms with Crippen LogP contribution < -0.4 is 5.32 Å². The van der Waals surface area contributed by atoms with E-state index in [1.165, 1.54) is 12.3 Å². The molecular formula is C25H25N5O3. The fraction of sp³-hybridized carbons (Fsp3) is 0.240. The summed E-state index contributed by atoms with van der Waals surface area (Å²) < 4.78 is 7.31. The summed E-state index contributed by atoms with van der Waals surface area (Å²) in [7, 11) is 0. The Morgan fingerprint density at radius 1 is 1.00 bits per heavy atom. The molecule has 0 bridgehead atoms. The van der Waals surface area contributed by atoms with Crippen molar-refractivity contribution in [3.05, 3.63) is 83.9 Å². The van der Waals surface area contributed by atoms with Crippen molar-refractivity contribution in [3.63, 3.8) is 0 Å². The molecule has 8 nitrogen and oxygen atoms in total. The number of aromatic nitrogens is 4. The minimum atomic E-state index is -0.657. The van der Waals surface area contributed by atoms with Crippen LogP contribution in [0.2, 0.25) is 0 Å². The van der Waals surface area contributed by atoms with Crippen LogP contribution in [0, 0.1) is 0 Å². The summed E-state index contributed by atoms with van der Waals surface area (Å²) in [4.78, 5) is 38.4. The van der Waals surface area contributed by atoms with Gasteiger partial charge in [0.05, 0.1) is 11.0 Å². The third-order valence-corrected chi connectivity index (χ3v) is 4.83. The molecule has 0 radical (unpaired) electrons. The van der Waals surface area contributed by atoms with Crippen LogP contribution in [-0.2, 0) is 17.7 Å². The summed E-state index contributed by atoms with van der Waals surface area (Å²) in [6, 6.07) is 16.5. The number of anilines is 1. The van der Waals surface area contributed by atoms with E-state index in [2.05, 4.69) is 20.3 Å². The first-order valence-electron chi connectivity index (χ1n) is 10.7. The van der Waals surface area contributed by atoms with Crippen LogP contribution in [0.15, 0.2) is 67.0 Å². The molecule has 33 heavy (non-hydrogen) atoms. The minimum absolute atomic E-state index is 0.0706. The fourth-order valence-corrected chi connectivity index (χ4v) is 3.36. The zero-order chi connectivity index (χ0) is 23.4. The summed E-state index contributed by atoms with van der Waals surface area (Å²) in [6.07, 6.45) is 3.86. The van der Waals surface area contributed by atoms with Crippen LogP contribution in [0.4, 0.5) is 5.95 Å². The average Bonchev–Trinajstić information content (AvgIpc) is 3.14. The van der Waals surface area contributed by atoms with Crippen molar-refractivity contribution in [1.82, 2.24) is 19.5 Å². The van der Waals surface area contributed by atoms with E-state index in [0.717, 1.165) is 16.7 Å². The second kappa shape index (κ2) is 9.20. The number of para-hydroxylation sites is 2. The van der Waals surface area contributed by atoms with Gasteiger partial charge in [0.1, 0.15) is 11.3 Å². The maximum Gasteiger partial charge on any atom is 0.357 e. The third kappa shape index (κ3) is 5.41. The topological polar surface area (TPSA) is 99.0 Å². The number of esters is 1. The quantitative estimate of drug-likeness (QED) is 0.447. The molecule has 0 saturated heterocycles. The zero-order valence-corrected chi connectivity index (χ0v) is 18.8. The monoisotopic (exact) mass is 443 g/mol. The number of carbonyl (C=O) groups is 2.